The van der Waals surface area contributed by atoms with Gasteiger partial charge in [0, 0.05) is 43.5 Å². The molecule has 0 spiro atoms. The Bertz CT molecular complexity index is 543. The van der Waals surface area contributed by atoms with Gasteiger partial charge in [0.15, 0.2) is 0 Å². The van der Waals surface area contributed by atoms with E-state index >= 15 is 0 Å². The molecule has 2 aromatic rings. The molecule has 0 aromatic carbocycles. The number of hydrogen-bond donors (Lipinski definition) is 0. The lowest BCUT2D eigenvalue weighted by Gasteiger charge is -2.15. The zero-order valence-corrected chi connectivity index (χ0v) is 11.2. The first kappa shape index (κ1) is 12.2. The molecule has 19 heavy (non-hydrogen) atoms. The van der Waals surface area contributed by atoms with E-state index in [0.717, 1.165) is 30.9 Å². The van der Waals surface area contributed by atoms with E-state index < -0.39 is 0 Å². The number of aromatic nitrogens is 3. The highest BCUT2D eigenvalue weighted by Gasteiger charge is 2.28. The summed E-state index contributed by atoms with van der Waals surface area (Å²) in [7, 11) is 0. The second-order valence-corrected chi connectivity index (χ2v) is 5.61. The molecule has 1 fully saturated rings. The number of carbonyl (C=O) groups is 1. The van der Waals surface area contributed by atoms with E-state index in [1.165, 1.54) is 6.20 Å². The minimum Gasteiger partial charge on any atom is -0.337 e. The molecular weight excluding hydrogens is 260 g/mol. The Labute approximate surface area is 115 Å². The molecule has 3 rings (SSSR count). The van der Waals surface area contributed by atoms with Crippen molar-refractivity contribution in [1.29, 1.82) is 0 Å². The normalized spacial score (nSPS) is 18.7. The molecule has 0 bridgehead atoms. The van der Waals surface area contributed by atoms with Gasteiger partial charge in [-0.2, -0.15) is 0 Å². The lowest BCUT2D eigenvalue weighted by atomic mass is 10.1. The van der Waals surface area contributed by atoms with Crippen LogP contribution in [0.4, 0.5) is 0 Å². The maximum Gasteiger partial charge on any atom is 0.274 e. The van der Waals surface area contributed by atoms with Gasteiger partial charge in [-0.15, -0.1) is 11.3 Å². The van der Waals surface area contributed by atoms with E-state index in [9.17, 15) is 4.79 Å². The fourth-order valence-electron chi connectivity index (χ4n) is 2.36. The average molecular weight is 274 g/mol. The van der Waals surface area contributed by atoms with Crippen LogP contribution in [0.5, 0.6) is 0 Å². The molecule has 1 aliphatic heterocycles. The quantitative estimate of drug-likeness (QED) is 0.853. The number of rotatable bonds is 3. The second-order valence-electron chi connectivity index (χ2n) is 4.63. The van der Waals surface area contributed by atoms with Gasteiger partial charge < -0.3 is 4.90 Å². The van der Waals surface area contributed by atoms with Gasteiger partial charge >= 0.3 is 0 Å². The first-order valence-corrected chi connectivity index (χ1v) is 7.14. The van der Waals surface area contributed by atoms with Crippen LogP contribution >= 0.6 is 11.3 Å². The van der Waals surface area contributed by atoms with E-state index in [0.29, 0.717) is 11.6 Å². The van der Waals surface area contributed by atoms with Gasteiger partial charge in [0.2, 0.25) is 0 Å². The third-order valence-electron chi connectivity index (χ3n) is 3.30. The highest BCUT2D eigenvalue weighted by molar-refractivity contribution is 7.09. The van der Waals surface area contributed by atoms with Gasteiger partial charge in [-0.1, -0.05) is 0 Å². The van der Waals surface area contributed by atoms with Crippen LogP contribution in [0.2, 0.25) is 0 Å². The van der Waals surface area contributed by atoms with Crippen LogP contribution in [-0.2, 0) is 6.42 Å². The molecule has 5 nitrogen and oxygen atoms in total. The topological polar surface area (TPSA) is 59.0 Å². The summed E-state index contributed by atoms with van der Waals surface area (Å²) in [4.78, 5) is 26.4. The molecule has 0 saturated carbocycles. The summed E-state index contributed by atoms with van der Waals surface area (Å²) in [6.07, 6.45) is 8.48. The van der Waals surface area contributed by atoms with Crippen LogP contribution in [0, 0.1) is 5.92 Å². The van der Waals surface area contributed by atoms with Crippen LogP contribution in [0.15, 0.2) is 30.2 Å². The SMILES string of the molecule is O=C(c1cnccn1)N1CC[C@H](Cc2nccs2)C1. The second kappa shape index (κ2) is 5.44. The van der Waals surface area contributed by atoms with Crippen molar-refractivity contribution >= 4 is 17.2 Å². The van der Waals surface area contributed by atoms with Gasteiger partial charge in [-0.3, -0.25) is 9.78 Å². The van der Waals surface area contributed by atoms with E-state index in [-0.39, 0.29) is 5.91 Å². The van der Waals surface area contributed by atoms with Crippen LogP contribution in [0.1, 0.15) is 21.9 Å². The van der Waals surface area contributed by atoms with Crippen molar-refractivity contribution in [2.45, 2.75) is 12.8 Å². The van der Waals surface area contributed by atoms with E-state index in [2.05, 4.69) is 15.0 Å². The minimum atomic E-state index is -0.0188. The van der Waals surface area contributed by atoms with Gasteiger partial charge in [0.25, 0.3) is 5.91 Å². The maximum atomic E-state index is 12.2. The largest absolute Gasteiger partial charge is 0.337 e. The Hall–Kier alpha value is -1.82. The van der Waals surface area contributed by atoms with Crippen molar-refractivity contribution in [1.82, 2.24) is 19.9 Å². The molecule has 3 heterocycles. The number of amides is 1. The Balaban J connectivity index is 1.61. The van der Waals surface area contributed by atoms with Crippen molar-refractivity contribution in [3.8, 4) is 0 Å². The number of nitrogens with zero attached hydrogens (tertiary/aromatic N) is 4. The summed E-state index contributed by atoms with van der Waals surface area (Å²) in [5.74, 6) is 0.488. The molecule has 0 unspecified atom stereocenters. The first-order chi connectivity index (χ1) is 9.33. The fraction of sp³-hybridized carbons (Fsp3) is 0.385. The molecule has 0 radical (unpaired) electrons. The van der Waals surface area contributed by atoms with Crippen molar-refractivity contribution < 1.29 is 4.79 Å². The van der Waals surface area contributed by atoms with Gasteiger partial charge in [-0.05, 0) is 12.3 Å². The molecule has 1 amide bonds. The molecule has 98 valence electrons. The fourth-order valence-corrected chi connectivity index (χ4v) is 3.09. The highest BCUT2D eigenvalue weighted by Crippen LogP contribution is 2.22. The number of thiazole rings is 1. The number of likely N-dealkylation sites (tertiary alicyclic amines) is 1. The Morgan fingerprint density at radius 1 is 1.37 bits per heavy atom. The van der Waals surface area contributed by atoms with Crippen molar-refractivity contribution in [3.05, 3.63) is 40.9 Å². The summed E-state index contributed by atoms with van der Waals surface area (Å²) >= 11 is 1.68. The zero-order valence-electron chi connectivity index (χ0n) is 10.4. The van der Waals surface area contributed by atoms with Crippen LogP contribution in [0.25, 0.3) is 0 Å². The summed E-state index contributed by atoms with van der Waals surface area (Å²) in [6.45, 7) is 1.58. The van der Waals surface area contributed by atoms with E-state index in [1.54, 1.807) is 23.7 Å². The molecule has 1 atom stereocenters. The zero-order chi connectivity index (χ0) is 13.1. The number of hydrogen-bond acceptors (Lipinski definition) is 5. The van der Waals surface area contributed by atoms with E-state index in [1.807, 2.05) is 16.5 Å². The highest BCUT2D eigenvalue weighted by atomic mass is 32.1. The maximum absolute atomic E-state index is 12.2. The van der Waals surface area contributed by atoms with Crippen molar-refractivity contribution in [3.63, 3.8) is 0 Å². The standard InChI is InChI=1S/C13H14N4OS/c18-13(11-8-14-2-3-15-11)17-5-1-10(9-17)7-12-16-4-6-19-12/h2-4,6,8,10H,1,5,7,9H2/t10-/m1/s1. The van der Waals surface area contributed by atoms with Gasteiger partial charge in [0.05, 0.1) is 11.2 Å². The third kappa shape index (κ3) is 2.78. The first-order valence-electron chi connectivity index (χ1n) is 6.26. The summed E-state index contributed by atoms with van der Waals surface area (Å²) in [5, 5.41) is 3.14. The lowest BCUT2D eigenvalue weighted by molar-refractivity contribution is 0.0781. The molecule has 0 N–H and O–H groups in total. The predicted octanol–water partition coefficient (Wildman–Crippen LogP) is 1.64. The minimum absolute atomic E-state index is 0.0188. The van der Waals surface area contributed by atoms with E-state index in [4.69, 9.17) is 0 Å². The predicted molar refractivity (Wildman–Crippen MR) is 71.9 cm³/mol. The Morgan fingerprint density at radius 2 is 2.32 bits per heavy atom. The Kier molecular flexibility index (Phi) is 3.50. The third-order valence-corrected chi connectivity index (χ3v) is 4.10. The van der Waals surface area contributed by atoms with Gasteiger partial charge in [-0.25, -0.2) is 9.97 Å². The van der Waals surface area contributed by atoms with Crippen molar-refractivity contribution in [2.75, 3.05) is 13.1 Å². The number of carbonyl (C=O) groups excluding carboxylic acids is 1. The van der Waals surface area contributed by atoms with Crippen molar-refractivity contribution in [2.24, 2.45) is 5.92 Å². The van der Waals surface area contributed by atoms with Gasteiger partial charge in [0.1, 0.15) is 5.69 Å². The summed E-state index contributed by atoms with van der Waals surface area (Å²) in [5.41, 5.74) is 0.428. The molecule has 2 aromatic heterocycles. The Morgan fingerprint density at radius 3 is 3.05 bits per heavy atom. The molecular formula is C13H14N4OS. The molecule has 6 heteroatoms. The molecule has 1 saturated heterocycles. The van der Waals surface area contributed by atoms with Crippen LogP contribution in [0.3, 0.4) is 0 Å². The van der Waals surface area contributed by atoms with Crippen LogP contribution < -0.4 is 0 Å². The summed E-state index contributed by atoms with van der Waals surface area (Å²) < 4.78 is 0. The summed E-state index contributed by atoms with van der Waals surface area (Å²) in [6, 6.07) is 0. The molecule has 0 aliphatic carbocycles. The smallest absolute Gasteiger partial charge is 0.274 e. The average Bonchev–Trinajstić information content (AvgIpc) is 3.11. The van der Waals surface area contributed by atoms with Crippen LogP contribution in [-0.4, -0.2) is 38.8 Å². The molecule has 1 aliphatic rings. The monoisotopic (exact) mass is 274 g/mol. The lowest BCUT2D eigenvalue weighted by Crippen LogP contribution is -2.29.